The molecule has 30 heavy (non-hydrogen) atoms. The van der Waals surface area contributed by atoms with E-state index in [1.54, 1.807) is 10.6 Å². The van der Waals surface area contributed by atoms with Gasteiger partial charge in [-0.3, -0.25) is 4.79 Å². The molecule has 4 atom stereocenters. The maximum Gasteiger partial charge on any atom is 0.360 e. The third-order valence-electron chi connectivity index (χ3n) is 7.21. The number of allylic oxidation sites excluding steroid dienone is 2. The second-order valence-electron chi connectivity index (χ2n) is 8.95. The number of benzene rings is 1. The molecule has 1 aliphatic heterocycles. The van der Waals surface area contributed by atoms with Crippen molar-refractivity contribution in [3.63, 3.8) is 0 Å². The van der Waals surface area contributed by atoms with Gasteiger partial charge in [-0.05, 0) is 62.9 Å². The van der Waals surface area contributed by atoms with Crippen molar-refractivity contribution in [2.75, 3.05) is 6.54 Å². The Hall–Kier alpha value is -2.89. The van der Waals surface area contributed by atoms with Crippen molar-refractivity contribution in [1.29, 1.82) is 0 Å². The molecule has 2 unspecified atom stereocenters. The molecular weight excluding hydrogens is 378 g/mol. The molecule has 1 N–H and O–H groups in total. The lowest BCUT2D eigenvalue weighted by molar-refractivity contribution is 0.0687. The van der Waals surface area contributed by atoms with Crippen LogP contribution in [0.2, 0.25) is 0 Å². The van der Waals surface area contributed by atoms with Gasteiger partial charge in [0.15, 0.2) is 0 Å². The molecule has 6 rings (SSSR count). The summed E-state index contributed by atoms with van der Waals surface area (Å²) in [7, 11) is 0. The molecule has 6 heteroatoms. The fraction of sp³-hybridized carbons (Fsp3) is 0.458. The van der Waals surface area contributed by atoms with E-state index in [2.05, 4.69) is 22.7 Å². The molecule has 4 fully saturated rings. The van der Waals surface area contributed by atoms with Crippen molar-refractivity contribution >= 4 is 17.0 Å². The first-order valence-corrected chi connectivity index (χ1v) is 10.9. The number of carboxylic acids is 1. The highest BCUT2D eigenvalue weighted by molar-refractivity contribution is 5.88. The summed E-state index contributed by atoms with van der Waals surface area (Å²) in [5.41, 5.74) is 3.22. The first-order chi connectivity index (χ1) is 14.5. The van der Waals surface area contributed by atoms with Crippen molar-refractivity contribution in [2.45, 2.75) is 51.1 Å². The number of aromatic carboxylic acids is 1. The Morgan fingerprint density at radius 1 is 1.33 bits per heavy atom. The number of rotatable bonds is 5. The molecule has 1 saturated heterocycles. The third kappa shape index (κ3) is 2.89. The lowest BCUT2D eigenvalue weighted by Crippen LogP contribution is -2.47. The smallest absolute Gasteiger partial charge is 0.360 e. The van der Waals surface area contributed by atoms with Crippen LogP contribution < -0.4 is 5.56 Å². The minimum atomic E-state index is -1.28. The standard InChI is InChI=1S/C24H27N3O3/c1-14(27-21-9-4-3-8-20(21)25-22(23(27)28)24(29)30)11-16-7-5-6-10-26(16)13-19-17-12-18(19)15(17)2/h3-4,8-9,13-14,16-18H,2,5-7,10-12H2,1H3,(H,29,30)/t14-,16-,17?,18?/m0/s1. The van der Waals surface area contributed by atoms with Crippen LogP contribution in [-0.2, 0) is 0 Å². The van der Waals surface area contributed by atoms with E-state index in [-0.39, 0.29) is 6.04 Å². The van der Waals surface area contributed by atoms with Crippen LogP contribution in [0.3, 0.4) is 0 Å². The average molecular weight is 405 g/mol. The zero-order valence-electron chi connectivity index (χ0n) is 17.3. The summed E-state index contributed by atoms with van der Waals surface area (Å²) in [5, 5.41) is 9.48. The van der Waals surface area contributed by atoms with E-state index in [4.69, 9.17) is 0 Å². The molecule has 2 bridgehead atoms. The molecule has 156 valence electrons. The van der Waals surface area contributed by atoms with Crippen molar-refractivity contribution in [3.05, 3.63) is 64.2 Å². The number of carbonyl (C=O) groups is 1. The SMILES string of the molecule is C=C1C2CC1C2=CN1CCCC[C@H]1C[C@H](C)n1c(=O)c(C(=O)O)nc2ccccc21. The highest BCUT2D eigenvalue weighted by Gasteiger charge is 2.51. The van der Waals surface area contributed by atoms with Gasteiger partial charge in [-0.15, -0.1) is 0 Å². The predicted octanol–water partition coefficient (Wildman–Crippen LogP) is 3.99. The van der Waals surface area contributed by atoms with Crippen LogP contribution in [0.4, 0.5) is 0 Å². The second-order valence-corrected chi connectivity index (χ2v) is 8.95. The topological polar surface area (TPSA) is 75.4 Å². The first-order valence-electron chi connectivity index (χ1n) is 10.9. The van der Waals surface area contributed by atoms with Crippen LogP contribution in [0.25, 0.3) is 11.0 Å². The molecule has 3 saturated carbocycles. The molecule has 1 aromatic heterocycles. The van der Waals surface area contributed by atoms with Gasteiger partial charge in [0.05, 0.1) is 11.0 Å². The van der Waals surface area contributed by atoms with Gasteiger partial charge in [-0.1, -0.05) is 24.3 Å². The molecule has 3 aliphatic carbocycles. The van der Waals surface area contributed by atoms with E-state index in [1.807, 2.05) is 25.1 Å². The minimum absolute atomic E-state index is 0.126. The number of fused-ring (bicyclic) bond motifs is 1. The molecule has 1 aromatic carbocycles. The van der Waals surface area contributed by atoms with E-state index in [9.17, 15) is 14.7 Å². The Labute approximate surface area is 175 Å². The van der Waals surface area contributed by atoms with E-state index in [0.29, 0.717) is 28.9 Å². The molecule has 6 nitrogen and oxygen atoms in total. The fourth-order valence-electron chi connectivity index (χ4n) is 5.35. The van der Waals surface area contributed by atoms with Crippen molar-refractivity contribution in [3.8, 4) is 0 Å². The van der Waals surface area contributed by atoms with Crippen molar-refractivity contribution < 1.29 is 9.90 Å². The lowest BCUT2D eigenvalue weighted by atomic mass is 9.49. The second kappa shape index (κ2) is 7.11. The van der Waals surface area contributed by atoms with Crippen LogP contribution in [0, 0.1) is 11.8 Å². The monoisotopic (exact) mass is 405 g/mol. The number of hydrogen-bond donors (Lipinski definition) is 1. The van der Waals surface area contributed by atoms with Gasteiger partial charge in [0, 0.05) is 30.5 Å². The number of nitrogens with zero attached hydrogens (tertiary/aromatic N) is 3. The van der Waals surface area contributed by atoms with Gasteiger partial charge in [-0.2, -0.15) is 0 Å². The number of aromatic nitrogens is 2. The Bertz CT molecular complexity index is 1120. The maximum absolute atomic E-state index is 13.0. The highest BCUT2D eigenvalue weighted by Crippen LogP contribution is 2.61. The lowest BCUT2D eigenvalue weighted by Gasteiger charge is -2.56. The number of piperidine rings is 1. The average Bonchev–Trinajstić information content (AvgIpc) is 2.70. The van der Waals surface area contributed by atoms with Gasteiger partial charge < -0.3 is 14.6 Å². The van der Waals surface area contributed by atoms with Crippen LogP contribution in [-0.4, -0.2) is 38.1 Å². The summed E-state index contributed by atoms with van der Waals surface area (Å²) in [5.74, 6) is -0.0834. The van der Waals surface area contributed by atoms with Crippen LogP contribution in [0.1, 0.15) is 55.6 Å². The molecule has 2 heterocycles. The van der Waals surface area contributed by atoms with Crippen molar-refractivity contribution in [1.82, 2.24) is 14.5 Å². The van der Waals surface area contributed by atoms with Crippen LogP contribution in [0.5, 0.6) is 0 Å². The molecule has 4 aliphatic rings. The number of carboxylic acid groups (broad SMARTS) is 1. The number of hydrogen-bond acceptors (Lipinski definition) is 4. The molecule has 0 amide bonds. The zero-order valence-corrected chi connectivity index (χ0v) is 17.3. The van der Waals surface area contributed by atoms with Gasteiger partial charge in [0.25, 0.3) is 5.56 Å². The van der Waals surface area contributed by atoms with E-state index in [0.717, 1.165) is 19.4 Å². The maximum atomic E-state index is 13.0. The summed E-state index contributed by atoms with van der Waals surface area (Å²) < 4.78 is 1.63. The quantitative estimate of drug-likeness (QED) is 0.762. The Kier molecular flexibility index (Phi) is 4.53. The normalized spacial score (nSPS) is 26.2. The van der Waals surface area contributed by atoms with Gasteiger partial charge in [0.2, 0.25) is 5.69 Å². The zero-order chi connectivity index (χ0) is 21.0. The predicted molar refractivity (Wildman–Crippen MR) is 115 cm³/mol. The number of para-hydroxylation sites is 2. The third-order valence-corrected chi connectivity index (χ3v) is 7.21. The van der Waals surface area contributed by atoms with E-state index < -0.39 is 17.2 Å². The number of likely N-dealkylation sites (tertiary alicyclic amines) is 1. The minimum Gasteiger partial charge on any atom is -0.476 e. The highest BCUT2D eigenvalue weighted by atomic mass is 16.4. The Morgan fingerprint density at radius 3 is 2.80 bits per heavy atom. The summed E-state index contributed by atoms with van der Waals surface area (Å²) in [6.45, 7) is 7.21. The first kappa shape index (κ1) is 19.1. The van der Waals surface area contributed by atoms with Crippen LogP contribution >= 0.6 is 0 Å². The van der Waals surface area contributed by atoms with Crippen molar-refractivity contribution in [2.24, 2.45) is 11.8 Å². The van der Waals surface area contributed by atoms with Gasteiger partial charge >= 0.3 is 5.97 Å². The molecular formula is C24H27N3O3. The summed E-state index contributed by atoms with van der Waals surface area (Å²) in [6.07, 6.45) is 7.88. The van der Waals surface area contributed by atoms with E-state index >= 15 is 0 Å². The molecule has 2 aromatic rings. The van der Waals surface area contributed by atoms with Crippen LogP contribution in [0.15, 0.2) is 53.0 Å². The molecule has 0 radical (unpaired) electrons. The fourth-order valence-corrected chi connectivity index (χ4v) is 5.35. The Morgan fingerprint density at radius 2 is 2.10 bits per heavy atom. The molecule has 0 spiro atoms. The summed E-state index contributed by atoms with van der Waals surface area (Å²) in [6, 6.07) is 7.50. The van der Waals surface area contributed by atoms with E-state index in [1.165, 1.54) is 30.4 Å². The largest absolute Gasteiger partial charge is 0.476 e. The van der Waals surface area contributed by atoms with Gasteiger partial charge in [0.1, 0.15) is 0 Å². The van der Waals surface area contributed by atoms with Gasteiger partial charge in [-0.25, -0.2) is 9.78 Å². The summed E-state index contributed by atoms with van der Waals surface area (Å²) in [4.78, 5) is 31.2. The Balaban J connectivity index is 1.46. The summed E-state index contributed by atoms with van der Waals surface area (Å²) >= 11 is 0.